The summed E-state index contributed by atoms with van der Waals surface area (Å²) in [7, 11) is 0. The molecule has 19 heavy (non-hydrogen) atoms. The third kappa shape index (κ3) is 3.37. The minimum Gasteiger partial charge on any atom is -0.326 e. The van der Waals surface area contributed by atoms with Crippen LogP contribution in [0, 0.1) is 0 Å². The highest BCUT2D eigenvalue weighted by molar-refractivity contribution is 5.89. The van der Waals surface area contributed by atoms with Crippen molar-refractivity contribution in [1.29, 1.82) is 0 Å². The third-order valence-electron chi connectivity index (χ3n) is 2.98. The van der Waals surface area contributed by atoms with Crippen molar-refractivity contribution in [2.24, 2.45) is 5.73 Å². The van der Waals surface area contributed by atoms with Gasteiger partial charge >= 0.3 is 12.2 Å². The molecule has 1 atom stereocenters. The minimum absolute atomic E-state index is 0.0293. The van der Waals surface area contributed by atoms with Gasteiger partial charge in [0, 0.05) is 24.8 Å². The lowest BCUT2D eigenvalue weighted by molar-refractivity contribution is -0.137. The van der Waals surface area contributed by atoms with Crippen LogP contribution in [0.25, 0.3) is 0 Å². The Morgan fingerprint density at radius 2 is 1.95 bits per heavy atom. The van der Waals surface area contributed by atoms with E-state index in [-0.39, 0.29) is 12.1 Å². The van der Waals surface area contributed by atoms with Gasteiger partial charge < -0.3 is 16.0 Å². The fourth-order valence-corrected chi connectivity index (χ4v) is 1.92. The Labute approximate surface area is 108 Å². The average Bonchev–Trinajstić information content (AvgIpc) is 2.75. The number of nitrogens with two attached hydrogens (primary N) is 1. The summed E-state index contributed by atoms with van der Waals surface area (Å²) in [6.07, 6.45) is -3.63. The molecule has 1 saturated heterocycles. The fourth-order valence-electron chi connectivity index (χ4n) is 1.92. The van der Waals surface area contributed by atoms with E-state index in [2.05, 4.69) is 5.32 Å². The molecule has 7 heteroatoms. The molecule has 4 nitrogen and oxygen atoms in total. The summed E-state index contributed by atoms with van der Waals surface area (Å²) < 4.78 is 37.1. The number of nitrogens with one attached hydrogen (secondary N) is 1. The molecule has 0 spiro atoms. The number of rotatable bonds is 1. The molecule has 2 amide bonds. The second kappa shape index (κ2) is 5.08. The van der Waals surface area contributed by atoms with E-state index >= 15 is 0 Å². The standard InChI is InChI=1S/C12H14F3N3O/c13-12(14,15)8-1-3-10(4-2-8)17-11(19)18-6-5-9(16)7-18/h1-4,9H,5-7,16H2,(H,17,19)/t9-/m0/s1. The second-order valence-electron chi connectivity index (χ2n) is 4.50. The summed E-state index contributed by atoms with van der Waals surface area (Å²) >= 11 is 0. The Bertz CT molecular complexity index is 458. The van der Waals surface area contributed by atoms with Gasteiger partial charge in [0.1, 0.15) is 0 Å². The van der Waals surface area contributed by atoms with Crippen LogP contribution in [-0.4, -0.2) is 30.1 Å². The Hall–Kier alpha value is -1.76. The van der Waals surface area contributed by atoms with Crippen molar-refractivity contribution in [3.63, 3.8) is 0 Å². The van der Waals surface area contributed by atoms with E-state index in [9.17, 15) is 18.0 Å². The number of anilines is 1. The maximum Gasteiger partial charge on any atom is 0.416 e. The molecule has 3 N–H and O–H groups in total. The zero-order chi connectivity index (χ0) is 14.0. The maximum absolute atomic E-state index is 12.4. The van der Waals surface area contributed by atoms with E-state index in [1.165, 1.54) is 12.1 Å². The molecular formula is C12H14F3N3O. The number of benzene rings is 1. The van der Waals surface area contributed by atoms with Crippen LogP contribution in [-0.2, 0) is 6.18 Å². The van der Waals surface area contributed by atoms with Crippen LogP contribution in [0.4, 0.5) is 23.7 Å². The normalized spacial score (nSPS) is 19.6. The van der Waals surface area contributed by atoms with Gasteiger partial charge in [0.2, 0.25) is 0 Å². The Kier molecular flexibility index (Phi) is 3.66. The number of halogens is 3. The Morgan fingerprint density at radius 1 is 1.32 bits per heavy atom. The fraction of sp³-hybridized carbons (Fsp3) is 0.417. The molecular weight excluding hydrogens is 259 g/mol. The highest BCUT2D eigenvalue weighted by atomic mass is 19.4. The van der Waals surface area contributed by atoms with Crippen molar-refractivity contribution in [1.82, 2.24) is 4.90 Å². The molecule has 1 aliphatic rings. The Balaban J connectivity index is 1.98. The van der Waals surface area contributed by atoms with Crippen molar-refractivity contribution in [2.45, 2.75) is 18.6 Å². The van der Waals surface area contributed by atoms with E-state index in [1.807, 2.05) is 0 Å². The van der Waals surface area contributed by atoms with Crippen LogP contribution in [0.15, 0.2) is 24.3 Å². The van der Waals surface area contributed by atoms with Crippen LogP contribution >= 0.6 is 0 Å². The van der Waals surface area contributed by atoms with Gasteiger partial charge in [-0.15, -0.1) is 0 Å². The zero-order valence-corrected chi connectivity index (χ0v) is 10.1. The first kappa shape index (κ1) is 13.7. The number of alkyl halides is 3. The number of urea groups is 1. The van der Waals surface area contributed by atoms with E-state index < -0.39 is 11.7 Å². The number of nitrogens with zero attached hydrogens (tertiary/aromatic N) is 1. The summed E-state index contributed by atoms with van der Waals surface area (Å²) in [6.45, 7) is 1.03. The Morgan fingerprint density at radius 3 is 2.42 bits per heavy atom. The van der Waals surface area contributed by atoms with Gasteiger partial charge in [-0.25, -0.2) is 4.79 Å². The first-order valence-electron chi connectivity index (χ1n) is 5.85. The second-order valence-corrected chi connectivity index (χ2v) is 4.50. The predicted octanol–water partition coefficient (Wildman–Crippen LogP) is 2.27. The lowest BCUT2D eigenvalue weighted by Gasteiger charge is -2.17. The van der Waals surface area contributed by atoms with E-state index in [4.69, 9.17) is 5.73 Å². The summed E-state index contributed by atoms with van der Waals surface area (Å²) in [6, 6.07) is 3.97. The van der Waals surface area contributed by atoms with E-state index in [1.54, 1.807) is 4.90 Å². The largest absolute Gasteiger partial charge is 0.416 e. The molecule has 1 aromatic rings. The molecule has 1 aliphatic heterocycles. The summed E-state index contributed by atoms with van der Waals surface area (Å²) in [5.41, 5.74) is 5.27. The molecule has 0 saturated carbocycles. The number of hydrogen-bond acceptors (Lipinski definition) is 2. The van der Waals surface area contributed by atoms with Crippen LogP contribution in [0.5, 0.6) is 0 Å². The van der Waals surface area contributed by atoms with Crippen molar-refractivity contribution in [3.8, 4) is 0 Å². The highest BCUT2D eigenvalue weighted by Gasteiger charge is 2.30. The lowest BCUT2D eigenvalue weighted by atomic mass is 10.2. The van der Waals surface area contributed by atoms with Gasteiger partial charge in [-0.05, 0) is 30.7 Å². The quantitative estimate of drug-likeness (QED) is 0.824. The monoisotopic (exact) mass is 273 g/mol. The van der Waals surface area contributed by atoms with Gasteiger partial charge in [-0.3, -0.25) is 0 Å². The van der Waals surface area contributed by atoms with Gasteiger partial charge in [-0.1, -0.05) is 0 Å². The SMILES string of the molecule is N[C@H]1CCN(C(=O)Nc2ccc(C(F)(F)F)cc2)C1. The number of hydrogen-bond donors (Lipinski definition) is 2. The zero-order valence-electron chi connectivity index (χ0n) is 10.1. The van der Waals surface area contributed by atoms with E-state index in [0.29, 0.717) is 18.8 Å². The molecule has 2 rings (SSSR count). The van der Waals surface area contributed by atoms with Crippen molar-refractivity contribution < 1.29 is 18.0 Å². The van der Waals surface area contributed by atoms with Gasteiger partial charge in [0.05, 0.1) is 5.56 Å². The molecule has 0 unspecified atom stereocenters. The minimum atomic E-state index is -4.37. The van der Waals surface area contributed by atoms with Gasteiger partial charge in [0.25, 0.3) is 0 Å². The molecule has 1 heterocycles. The average molecular weight is 273 g/mol. The van der Waals surface area contributed by atoms with Crippen molar-refractivity contribution in [3.05, 3.63) is 29.8 Å². The summed E-state index contributed by atoms with van der Waals surface area (Å²) in [4.78, 5) is 13.3. The predicted molar refractivity (Wildman–Crippen MR) is 64.6 cm³/mol. The topological polar surface area (TPSA) is 58.4 Å². The van der Waals surface area contributed by atoms with Gasteiger partial charge in [-0.2, -0.15) is 13.2 Å². The van der Waals surface area contributed by atoms with Crippen LogP contribution < -0.4 is 11.1 Å². The van der Waals surface area contributed by atoms with Crippen LogP contribution in [0.2, 0.25) is 0 Å². The van der Waals surface area contributed by atoms with Crippen molar-refractivity contribution >= 4 is 11.7 Å². The molecule has 0 aromatic heterocycles. The maximum atomic E-state index is 12.4. The van der Waals surface area contributed by atoms with Crippen LogP contribution in [0.1, 0.15) is 12.0 Å². The first-order valence-corrected chi connectivity index (χ1v) is 5.85. The molecule has 0 aliphatic carbocycles. The molecule has 0 bridgehead atoms. The third-order valence-corrected chi connectivity index (χ3v) is 2.98. The molecule has 1 aromatic carbocycles. The first-order chi connectivity index (χ1) is 8.86. The molecule has 0 radical (unpaired) electrons. The summed E-state index contributed by atoms with van der Waals surface area (Å²) in [5, 5.41) is 2.55. The lowest BCUT2D eigenvalue weighted by Crippen LogP contribution is -2.35. The molecule has 104 valence electrons. The molecule has 1 fully saturated rings. The number of amides is 2. The van der Waals surface area contributed by atoms with Gasteiger partial charge in [0.15, 0.2) is 0 Å². The number of carbonyl (C=O) groups excluding carboxylic acids is 1. The summed E-state index contributed by atoms with van der Waals surface area (Å²) in [5.74, 6) is 0. The van der Waals surface area contributed by atoms with Crippen LogP contribution in [0.3, 0.4) is 0 Å². The highest BCUT2D eigenvalue weighted by Crippen LogP contribution is 2.29. The van der Waals surface area contributed by atoms with Crippen molar-refractivity contribution in [2.75, 3.05) is 18.4 Å². The number of carbonyl (C=O) groups is 1. The van der Waals surface area contributed by atoms with E-state index in [0.717, 1.165) is 18.6 Å². The smallest absolute Gasteiger partial charge is 0.326 e. The number of likely N-dealkylation sites (tertiary alicyclic amines) is 1.